The second-order valence-electron chi connectivity index (χ2n) is 5.94. The van der Waals surface area contributed by atoms with Crippen molar-refractivity contribution in [3.05, 3.63) is 64.6 Å². The molecule has 0 saturated carbocycles. The number of rotatable bonds is 5. The largest absolute Gasteiger partial charge is 0.478 e. The van der Waals surface area contributed by atoms with Crippen molar-refractivity contribution in [2.24, 2.45) is 7.05 Å². The fraction of sp³-hybridized carbons (Fsp3) is 0.105. The third-order valence-electron chi connectivity index (χ3n) is 4.05. The number of fused-ring (bicyclic) bond motifs is 1. The number of nitrogens with zero attached hydrogens (tertiary/aromatic N) is 2. The van der Waals surface area contributed by atoms with Gasteiger partial charge in [-0.2, -0.15) is 5.10 Å². The van der Waals surface area contributed by atoms with Crippen LogP contribution in [0, 0.1) is 0 Å². The zero-order valence-corrected chi connectivity index (χ0v) is 14.7. The molecular weight excluding hydrogens is 366 g/mol. The normalized spacial score (nSPS) is 11.9. The molecule has 1 aliphatic heterocycles. The molecule has 4 rings (SSSR count). The Morgan fingerprint density at radius 3 is 2.86 bits per heavy atom. The van der Waals surface area contributed by atoms with Gasteiger partial charge in [-0.15, -0.1) is 0 Å². The minimum absolute atomic E-state index is 0.0918. The summed E-state index contributed by atoms with van der Waals surface area (Å²) >= 11 is 0. The molecule has 0 atom stereocenters. The van der Waals surface area contributed by atoms with Crippen LogP contribution in [0.3, 0.4) is 0 Å². The van der Waals surface area contributed by atoms with Crippen LogP contribution in [-0.4, -0.2) is 27.6 Å². The summed E-state index contributed by atoms with van der Waals surface area (Å²) < 4.78 is 17.6. The van der Waals surface area contributed by atoms with Crippen LogP contribution in [0.15, 0.2) is 53.5 Å². The molecule has 1 aliphatic rings. The predicted octanol–water partition coefficient (Wildman–Crippen LogP) is 2.74. The Morgan fingerprint density at radius 2 is 2.04 bits per heavy atom. The monoisotopic (exact) mass is 381 g/mol. The molecule has 3 aromatic rings. The van der Waals surface area contributed by atoms with E-state index in [9.17, 15) is 9.59 Å². The molecule has 0 unspecified atom stereocenters. The molecule has 0 fully saturated rings. The van der Waals surface area contributed by atoms with Gasteiger partial charge in [-0.25, -0.2) is 9.48 Å². The minimum Gasteiger partial charge on any atom is -0.478 e. The maximum absolute atomic E-state index is 12.6. The standard InChI is InChI=1S/C19H15N3O6/c1-22-18(23)17(21-12-4-2-3-11(7-12)19(24)25)16(9-20-22)28-13-5-6-14-15(8-13)27-10-26-14/h2-9,21H,10H2,1H3,(H,24,25). The highest BCUT2D eigenvalue weighted by Gasteiger charge is 2.17. The molecule has 2 N–H and O–H groups in total. The predicted molar refractivity (Wildman–Crippen MR) is 98.8 cm³/mol. The molecule has 0 amide bonds. The average molecular weight is 381 g/mol. The molecule has 2 heterocycles. The molecule has 0 radical (unpaired) electrons. The summed E-state index contributed by atoms with van der Waals surface area (Å²) in [7, 11) is 1.51. The van der Waals surface area contributed by atoms with Crippen LogP contribution in [0.4, 0.5) is 11.4 Å². The van der Waals surface area contributed by atoms with E-state index in [1.807, 2.05) is 0 Å². The van der Waals surface area contributed by atoms with Gasteiger partial charge in [0, 0.05) is 18.8 Å². The Bertz CT molecular complexity index is 1120. The lowest BCUT2D eigenvalue weighted by atomic mass is 10.2. The van der Waals surface area contributed by atoms with Crippen molar-refractivity contribution in [3.63, 3.8) is 0 Å². The van der Waals surface area contributed by atoms with Crippen molar-refractivity contribution < 1.29 is 24.1 Å². The molecular formula is C19H15N3O6. The van der Waals surface area contributed by atoms with E-state index in [0.29, 0.717) is 22.9 Å². The number of nitrogens with one attached hydrogen (secondary N) is 1. The maximum atomic E-state index is 12.6. The van der Waals surface area contributed by atoms with Gasteiger partial charge in [-0.1, -0.05) is 6.07 Å². The number of benzene rings is 2. The van der Waals surface area contributed by atoms with Crippen molar-refractivity contribution in [1.29, 1.82) is 0 Å². The van der Waals surface area contributed by atoms with E-state index in [-0.39, 0.29) is 23.8 Å². The molecule has 9 nitrogen and oxygen atoms in total. The number of hydrogen-bond acceptors (Lipinski definition) is 7. The van der Waals surface area contributed by atoms with E-state index in [1.165, 1.54) is 25.4 Å². The lowest BCUT2D eigenvalue weighted by molar-refractivity contribution is 0.0697. The number of aromatic carboxylic acids is 1. The van der Waals surface area contributed by atoms with Gasteiger partial charge in [0.15, 0.2) is 22.9 Å². The van der Waals surface area contributed by atoms with Crippen molar-refractivity contribution in [2.45, 2.75) is 0 Å². The van der Waals surface area contributed by atoms with Gasteiger partial charge in [0.05, 0.1) is 11.8 Å². The Labute approximate surface area is 158 Å². The van der Waals surface area contributed by atoms with Crippen LogP contribution in [0.1, 0.15) is 10.4 Å². The number of aryl methyl sites for hydroxylation is 1. The number of anilines is 2. The molecule has 9 heteroatoms. The minimum atomic E-state index is -1.07. The first-order valence-electron chi connectivity index (χ1n) is 8.25. The highest BCUT2D eigenvalue weighted by atomic mass is 16.7. The number of carbonyl (C=O) groups is 1. The fourth-order valence-electron chi connectivity index (χ4n) is 2.66. The van der Waals surface area contributed by atoms with Crippen LogP contribution < -0.4 is 25.1 Å². The van der Waals surface area contributed by atoms with Gasteiger partial charge >= 0.3 is 5.97 Å². The maximum Gasteiger partial charge on any atom is 0.335 e. The number of carboxylic acids is 1. The zero-order chi connectivity index (χ0) is 19.7. The van der Waals surface area contributed by atoms with E-state index in [4.69, 9.17) is 19.3 Å². The summed E-state index contributed by atoms with van der Waals surface area (Å²) in [6, 6.07) is 11.1. The van der Waals surface area contributed by atoms with Crippen LogP contribution >= 0.6 is 0 Å². The lowest BCUT2D eigenvalue weighted by Gasteiger charge is -2.13. The molecule has 0 bridgehead atoms. The van der Waals surface area contributed by atoms with E-state index < -0.39 is 11.5 Å². The Balaban J connectivity index is 1.69. The quantitative estimate of drug-likeness (QED) is 0.694. The van der Waals surface area contributed by atoms with Crippen molar-refractivity contribution in [1.82, 2.24) is 9.78 Å². The summed E-state index contributed by atoms with van der Waals surface area (Å²) in [5, 5.41) is 16.1. The van der Waals surface area contributed by atoms with Gasteiger partial charge in [0.1, 0.15) is 5.75 Å². The average Bonchev–Trinajstić information content (AvgIpc) is 3.15. The van der Waals surface area contributed by atoms with Crippen molar-refractivity contribution in [2.75, 3.05) is 12.1 Å². The van der Waals surface area contributed by atoms with Crippen LogP contribution in [0.2, 0.25) is 0 Å². The summed E-state index contributed by atoms with van der Waals surface area (Å²) in [6.07, 6.45) is 1.40. The van der Waals surface area contributed by atoms with Gasteiger partial charge in [0.2, 0.25) is 6.79 Å². The van der Waals surface area contributed by atoms with Crippen LogP contribution in [0.5, 0.6) is 23.0 Å². The van der Waals surface area contributed by atoms with Crippen molar-refractivity contribution in [3.8, 4) is 23.0 Å². The van der Waals surface area contributed by atoms with E-state index in [1.54, 1.807) is 30.3 Å². The second kappa shape index (κ2) is 6.95. The van der Waals surface area contributed by atoms with E-state index >= 15 is 0 Å². The van der Waals surface area contributed by atoms with Crippen molar-refractivity contribution >= 4 is 17.3 Å². The smallest absolute Gasteiger partial charge is 0.335 e. The highest BCUT2D eigenvalue weighted by molar-refractivity contribution is 5.89. The van der Waals surface area contributed by atoms with Gasteiger partial charge in [-0.05, 0) is 30.3 Å². The van der Waals surface area contributed by atoms with E-state index in [0.717, 1.165) is 4.68 Å². The summed E-state index contributed by atoms with van der Waals surface area (Å²) in [6.45, 7) is 0.138. The Hall–Kier alpha value is -4.01. The molecule has 0 spiro atoms. The third-order valence-corrected chi connectivity index (χ3v) is 4.05. The zero-order valence-electron chi connectivity index (χ0n) is 14.7. The molecule has 0 saturated heterocycles. The first kappa shape index (κ1) is 17.4. The molecule has 28 heavy (non-hydrogen) atoms. The van der Waals surface area contributed by atoms with Crippen LogP contribution in [-0.2, 0) is 7.05 Å². The van der Waals surface area contributed by atoms with Gasteiger partial charge in [-0.3, -0.25) is 4.79 Å². The number of hydrogen-bond donors (Lipinski definition) is 2. The molecule has 0 aliphatic carbocycles. The summed E-state index contributed by atoms with van der Waals surface area (Å²) in [5.41, 5.74) is 0.213. The first-order valence-corrected chi connectivity index (χ1v) is 8.25. The van der Waals surface area contributed by atoms with E-state index in [2.05, 4.69) is 10.4 Å². The first-order chi connectivity index (χ1) is 13.5. The SMILES string of the molecule is Cn1ncc(Oc2ccc3c(c2)OCO3)c(Nc2cccc(C(=O)O)c2)c1=O. The molecule has 1 aromatic heterocycles. The molecule has 142 valence electrons. The molecule has 2 aromatic carbocycles. The highest BCUT2D eigenvalue weighted by Crippen LogP contribution is 2.37. The fourth-order valence-corrected chi connectivity index (χ4v) is 2.66. The summed E-state index contributed by atoms with van der Waals surface area (Å²) in [5.74, 6) is 0.698. The van der Waals surface area contributed by atoms with Gasteiger partial charge in [0.25, 0.3) is 5.56 Å². The second-order valence-corrected chi connectivity index (χ2v) is 5.94. The number of carboxylic acid groups (broad SMARTS) is 1. The van der Waals surface area contributed by atoms with Gasteiger partial charge < -0.3 is 24.6 Å². The topological polar surface area (TPSA) is 112 Å². The number of ether oxygens (including phenoxy) is 3. The Kier molecular flexibility index (Phi) is 4.32. The summed E-state index contributed by atoms with van der Waals surface area (Å²) in [4.78, 5) is 23.8. The lowest BCUT2D eigenvalue weighted by Crippen LogP contribution is -2.22. The Morgan fingerprint density at radius 1 is 1.21 bits per heavy atom. The third kappa shape index (κ3) is 3.32. The number of aromatic nitrogens is 2. The van der Waals surface area contributed by atoms with Crippen LogP contribution in [0.25, 0.3) is 0 Å².